The smallest absolute Gasteiger partial charge is 0.192 e. The van der Waals surface area contributed by atoms with Crippen LogP contribution in [0.3, 0.4) is 0 Å². The van der Waals surface area contributed by atoms with Gasteiger partial charge in [0.25, 0.3) is 0 Å². The van der Waals surface area contributed by atoms with Gasteiger partial charge in [-0.05, 0) is 134 Å². The average Bonchev–Trinajstić information content (AvgIpc) is 1.83. The van der Waals surface area contributed by atoms with Crippen molar-refractivity contribution in [2.45, 2.75) is 308 Å². The summed E-state index contributed by atoms with van der Waals surface area (Å²) in [5, 5.41) is 11.7. The van der Waals surface area contributed by atoms with E-state index in [1.54, 1.807) is 31.4 Å². The second kappa shape index (κ2) is 27.4. The number of benzene rings is 1. The first-order valence-electron chi connectivity index (χ1n) is 31.8. The third kappa shape index (κ3) is 15.2. The van der Waals surface area contributed by atoms with Gasteiger partial charge in [0.2, 0.25) is 0 Å². The molecule has 8 aliphatic rings. The number of aliphatic hydroxyl groups is 1. The number of halogens is 1. The fourth-order valence-electron chi connectivity index (χ4n) is 14.1. The second-order valence-electron chi connectivity index (χ2n) is 28.8. The Hall–Kier alpha value is -0.699. The van der Waals surface area contributed by atoms with Gasteiger partial charge in [-0.3, -0.25) is 0 Å². The normalized spacial score (nSPS) is 35.1. The summed E-state index contributed by atoms with van der Waals surface area (Å²) in [5.74, 6) is -1.55. The average molecular weight is 1300 g/mol. The Bertz CT molecular complexity index is 2410. The quantitative estimate of drug-likeness (QED) is 0.0459. The van der Waals surface area contributed by atoms with Crippen LogP contribution in [-0.4, -0.2) is 161 Å². The van der Waals surface area contributed by atoms with Gasteiger partial charge in [-0.25, -0.2) is 8.42 Å². The van der Waals surface area contributed by atoms with Crippen LogP contribution in [0.1, 0.15) is 146 Å². The molecule has 19 heteroatoms. The molecule has 8 heterocycles. The maximum Gasteiger partial charge on any atom is 0.192 e. The summed E-state index contributed by atoms with van der Waals surface area (Å²) < 4.78 is 110. The molecule has 6 bridgehead atoms. The van der Waals surface area contributed by atoms with Gasteiger partial charge < -0.3 is 56.3 Å². The van der Waals surface area contributed by atoms with Crippen molar-refractivity contribution in [2.75, 3.05) is 20.3 Å². The zero-order chi connectivity index (χ0) is 60.7. The molecule has 1 aromatic carbocycles. The first-order chi connectivity index (χ1) is 38.9. The molecule has 0 amide bonds. The van der Waals surface area contributed by atoms with Crippen LogP contribution in [0, 0.1) is 18.3 Å². The molecule has 473 valence electrons. The lowest BCUT2D eigenvalue weighted by molar-refractivity contribution is -0.293. The number of allylic oxidation sites excluding steroid dienone is 1. The third-order valence-corrected chi connectivity index (χ3v) is 37.6. The van der Waals surface area contributed by atoms with E-state index in [1.807, 2.05) is 6.07 Å². The molecule has 0 aromatic heterocycles. The lowest BCUT2D eigenvalue weighted by atomic mass is 9.81. The zero-order valence-electron chi connectivity index (χ0n) is 53.3. The largest absolute Gasteiger partial charge is 0.417 e. The number of hydrogen-bond acceptors (Lipinski definition) is 14. The van der Waals surface area contributed by atoms with Crippen molar-refractivity contribution in [2.24, 2.45) is 11.8 Å². The van der Waals surface area contributed by atoms with E-state index in [0.717, 1.165) is 60.3 Å². The van der Waals surface area contributed by atoms with E-state index in [1.165, 1.54) is 0 Å². The number of aliphatic hydroxyl groups excluding tert-OH is 1. The number of rotatable bonds is 29. The predicted molar refractivity (Wildman–Crippen MR) is 338 cm³/mol. The lowest BCUT2D eigenvalue weighted by Crippen LogP contribution is -2.62. The van der Waals surface area contributed by atoms with Gasteiger partial charge in [-0.15, -0.1) is 0 Å². The highest BCUT2D eigenvalue weighted by molar-refractivity contribution is 9.11. The molecule has 19 atom stereocenters. The molecule has 8 aliphatic heterocycles. The maximum atomic E-state index is 15.9. The molecule has 83 heavy (non-hydrogen) atoms. The van der Waals surface area contributed by atoms with Gasteiger partial charge >= 0.3 is 0 Å². The lowest BCUT2D eigenvalue weighted by Gasteiger charge is -2.48. The molecule has 9 rings (SSSR count). The van der Waals surface area contributed by atoms with Crippen molar-refractivity contribution in [1.82, 2.24) is 0 Å². The Morgan fingerprint density at radius 3 is 2.12 bits per heavy atom. The SMILES string of the molecule is C=C(Br)C[CH]CC[C@@]12C[C@@H]3O[C@@H]4[C@@H](O1)[C@H]1O[C@H](C[C@H](O)[C@H]([C@@H]5[C@@H](OC)[C@@H](C[C@@H](CO[Si](C)(C)C(C)(C)C)O[Si](C)(C)C(C)(C)C)O[C@H]5C[C@H]5O[C@@H](CCCO[Si](CC)(CC)CC)C[C@@H](C)C5=C)S(=O)(=O)c5ccccc5)CC[C@@H]1O[C@@H]4[C@H]3O2. The minimum absolute atomic E-state index is 0.0355. The third-order valence-electron chi connectivity index (χ3n) is 21.3. The molecule has 8 fully saturated rings. The van der Waals surface area contributed by atoms with Crippen molar-refractivity contribution < 1.29 is 64.7 Å². The van der Waals surface area contributed by atoms with Crippen molar-refractivity contribution in [3.63, 3.8) is 0 Å². The Labute approximate surface area is 512 Å². The summed E-state index contributed by atoms with van der Waals surface area (Å²) in [6.07, 6.45) is 2.23. The zero-order valence-corrected chi connectivity index (χ0v) is 58.7. The Morgan fingerprint density at radius 2 is 1.48 bits per heavy atom. The number of unbranched alkanes of at least 4 members (excludes halogenated alkanes) is 1. The number of sulfone groups is 1. The van der Waals surface area contributed by atoms with Crippen LogP contribution in [0.15, 0.2) is 58.4 Å². The van der Waals surface area contributed by atoms with E-state index >= 15 is 8.42 Å². The highest BCUT2D eigenvalue weighted by Crippen LogP contribution is 2.55. The van der Waals surface area contributed by atoms with Gasteiger partial charge in [-0.1, -0.05) is 117 Å². The Morgan fingerprint density at radius 1 is 0.831 bits per heavy atom. The molecular weight excluding hydrogens is 1190 g/mol. The topological polar surface area (TPSA) is 156 Å². The summed E-state index contributed by atoms with van der Waals surface area (Å²) in [6, 6.07) is 11.9. The standard InChI is InChI=1S/C64H108BrO14SSi3/c1-18-83(19-2,20-3)70-34-26-28-44-35-41(4)43(6)50(72-44)38-51-54(55(69-13)52(74-51)37-46(79-82(16,17)63(10,11)12)40-71-81(14,15)62(7,8)9)61(80(67,68)47-29-22-21-23-30-47)48(66)36-45-31-32-49-56(73-45)60-59-58(75-49)57-53(76-59)39-64(77-57,78-60)33-25-24-27-42(5)65/h21-24,29-30,41,44-46,48-61,66H,5-6,18-20,25-28,31-40H2,1-4,7-17H3/t41-,44+,45+,46+,48+,49+,50-,51+,52-,53+,54+,55+,56+,57+,58-,59+,60+,61-,64+/m1/s1. The first kappa shape index (κ1) is 68.2. The van der Waals surface area contributed by atoms with E-state index in [2.05, 4.69) is 131 Å². The monoisotopic (exact) mass is 1300 g/mol. The number of hydrogen-bond donors (Lipinski definition) is 1. The van der Waals surface area contributed by atoms with Crippen LogP contribution >= 0.6 is 15.9 Å². The summed E-state index contributed by atoms with van der Waals surface area (Å²) in [6.45, 7) is 41.2. The van der Waals surface area contributed by atoms with Gasteiger partial charge in [0.05, 0.1) is 77.8 Å². The van der Waals surface area contributed by atoms with E-state index < -0.39 is 107 Å². The summed E-state index contributed by atoms with van der Waals surface area (Å²) in [7, 11) is -9.10. The number of ether oxygens (including phenoxy) is 8. The van der Waals surface area contributed by atoms with Crippen molar-refractivity contribution >= 4 is 50.7 Å². The van der Waals surface area contributed by atoms with Crippen LogP contribution < -0.4 is 0 Å². The van der Waals surface area contributed by atoms with Gasteiger partial charge in [0.15, 0.2) is 40.6 Å². The van der Waals surface area contributed by atoms with E-state index in [0.29, 0.717) is 51.7 Å². The van der Waals surface area contributed by atoms with Crippen LogP contribution in [0.25, 0.3) is 0 Å². The van der Waals surface area contributed by atoms with Crippen LogP contribution in [0.5, 0.6) is 0 Å². The van der Waals surface area contributed by atoms with Crippen molar-refractivity contribution in [3.05, 3.63) is 60.0 Å². The highest BCUT2D eigenvalue weighted by atomic mass is 79.9. The minimum Gasteiger partial charge on any atom is -0.417 e. The number of fused-ring (bicyclic) bond motifs is 1. The summed E-state index contributed by atoms with van der Waals surface area (Å²) in [5.41, 5.74) is 0.963. The molecule has 1 N–H and O–H groups in total. The molecular formula is C64H108BrO14SSi3. The Balaban J connectivity index is 1.12. The fourth-order valence-corrected chi connectivity index (χ4v) is 21.5. The molecule has 1 aromatic rings. The highest BCUT2D eigenvalue weighted by Gasteiger charge is 2.69. The molecule has 0 saturated carbocycles. The van der Waals surface area contributed by atoms with E-state index in [-0.39, 0.29) is 63.9 Å². The first-order valence-corrected chi connectivity index (χ1v) is 42.5. The summed E-state index contributed by atoms with van der Waals surface area (Å²) >= 11 is 3.49. The molecule has 0 spiro atoms. The van der Waals surface area contributed by atoms with Gasteiger partial charge in [-0.2, -0.15) is 0 Å². The van der Waals surface area contributed by atoms with Gasteiger partial charge in [0, 0.05) is 51.7 Å². The van der Waals surface area contributed by atoms with E-state index in [9.17, 15) is 5.11 Å². The molecule has 8 saturated heterocycles. The van der Waals surface area contributed by atoms with Crippen LogP contribution in [0.4, 0.5) is 0 Å². The van der Waals surface area contributed by atoms with Crippen molar-refractivity contribution in [3.8, 4) is 0 Å². The maximum absolute atomic E-state index is 15.9. The van der Waals surface area contributed by atoms with E-state index in [4.69, 9.17) is 51.2 Å². The molecule has 0 unspecified atom stereocenters. The van der Waals surface area contributed by atoms with Crippen LogP contribution in [0.2, 0.25) is 54.4 Å². The van der Waals surface area contributed by atoms with Crippen LogP contribution in [-0.2, 0) is 61.0 Å². The summed E-state index contributed by atoms with van der Waals surface area (Å²) in [4.78, 5) is 0.122. The molecule has 0 aliphatic carbocycles. The minimum atomic E-state index is -4.32. The molecule has 14 nitrogen and oxygen atoms in total. The predicted octanol–water partition coefficient (Wildman–Crippen LogP) is 13.6. The van der Waals surface area contributed by atoms with Crippen molar-refractivity contribution in [1.29, 1.82) is 0 Å². The number of methoxy groups -OCH3 is 1. The van der Waals surface area contributed by atoms with Gasteiger partial charge in [0.1, 0.15) is 30.5 Å². The molecule has 1 radical (unpaired) electrons. The fraction of sp³-hybridized carbons (Fsp3) is 0.828. The Kier molecular flexibility index (Phi) is 22.5. The second-order valence-corrected chi connectivity index (χ2v) is 46.3.